The lowest BCUT2D eigenvalue weighted by Gasteiger charge is -2.48. The van der Waals surface area contributed by atoms with Crippen LogP contribution < -0.4 is 5.32 Å². The zero-order valence-electron chi connectivity index (χ0n) is 21.4. The minimum atomic E-state index is -1.75. The van der Waals surface area contributed by atoms with Gasteiger partial charge in [0.2, 0.25) is 5.91 Å². The summed E-state index contributed by atoms with van der Waals surface area (Å²) < 4.78 is 37.7. The maximum atomic E-state index is 12.0. The fourth-order valence-corrected chi connectivity index (χ4v) is 4.09. The fourth-order valence-electron chi connectivity index (χ4n) is 4.09. The van der Waals surface area contributed by atoms with Gasteiger partial charge in [-0.2, -0.15) is 0 Å². The highest BCUT2D eigenvalue weighted by molar-refractivity contribution is 5.73. The minimum Gasteiger partial charge on any atom is -0.463 e. The molecule has 1 amide bonds. The van der Waals surface area contributed by atoms with E-state index in [4.69, 9.17) is 33.2 Å². The third kappa shape index (κ3) is 8.31. The summed E-state index contributed by atoms with van der Waals surface area (Å²) >= 11 is 0. The van der Waals surface area contributed by atoms with Gasteiger partial charge in [0.1, 0.15) is 37.1 Å². The van der Waals surface area contributed by atoms with Gasteiger partial charge in [0.15, 0.2) is 30.9 Å². The molecule has 4 N–H and O–H groups in total. The maximum absolute atomic E-state index is 12.0. The van der Waals surface area contributed by atoms with Crippen molar-refractivity contribution in [2.24, 2.45) is 0 Å². The lowest BCUT2D eigenvalue weighted by atomic mass is 9.95. The predicted octanol–water partition coefficient (Wildman–Crippen LogP) is -2.97. The van der Waals surface area contributed by atoms with Crippen LogP contribution in [-0.4, -0.2) is 120 Å². The van der Waals surface area contributed by atoms with Crippen molar-refractivity contribution in [3.8, 4) is 0 Å². The highest BCUT2D eigenvalue weighted by Gasteiger charge is 2.55. The van der Waals surface area contributed by atoms with E-state index in [-0.39, 0.29) is 0 Å². The Labute approximate surface area is 217 Å². The number of aliphatic hydroxyl groups is 3. The summed E-state index contributed by atoms with van der Waals surface area (Å²) in [5.41, 5.74) is 0. The number of hydrogen-bond acceptors (Lipinski definition) is 15. The largest absolute Gasteiger partial charge is 0.463 e. The molecule has 0 saturated carbocycles. The summed E-state index contributed by atoms with van der Waals surface area (Å²) in [5, 5.41) is 33.1. The molecule has 0 aromatic rings. The van der Waals surface area contributed by atoms with Crippen molar-refractivity contribution in [3.63, 3.8) is 0 Å². The van der Waals surface area contributed by atoms with E-state index in [0.29, 0.717) is 0 Å². The number of rotatable bonds is 9. The third-order valence-electron chi connectivity index (χ3n) is 5.48. The van der Waals surface area contributed by atoms with Crippen LogP contribution in [0.15, 0.2) is 0 Å². The zero-order chi connectivity index (χ0) is 28.7. The zero-order valence-corrected chi connectivity index (χ0v) is 21.4. The molecule has 0 radical (unpaired) electrons. The molecule has 2 heterocycles. The van der Waals surface area contributed by atoms with Crippen molar-refractivity contribution < 1.29 is 72.5 Å². The van der Waals surface area contributed by atoms with E-state index in [0.717, 1.165) is 34.6 Å². The number of aliphatic hydroxyl groups excluding tert-OH is 3. The number of esters is 4. The highest BCUT2D eigenvalue weighted by atomic mass is 16.7. The maximum Gasteiger partial charge on any atom is 0.303 e. The molecule has 10 atom stereocenters. The number of amides is 1. The van der Waals surface area contributed by atoms with Gasteiger partial charge >= 0.3 is 23.9 Å². The van der Waals surface area contributed by atoms with Crippen LogP contribution in [0.3, 0.4) is 0 Å². The van der Waals surface area contributed by atoms with Gasteiger partial charge in [-0.15, -0.1) is 0 Å². The first-order valence-corrected chi connectivity index (χ1v) is 11.6. The molecular formula is C22H33NO15. The van der Waals surface area contributed by atoms with Crippen LogP contribution >= 0.6 is 0 Å². The van der Waals surface area contributed by atoms with E-state index in [9.17, 15) is 39.3 Å². The molecule has 2 fully saturated rings. The first kappa shape index (κ1) is 31.3. The lowest BCUT2D eigenvalue weighted by Crippen LogP contribution is -2.68. The van der Waals surface area contributed by atoms with Crippen molar-refractivity contribution in [1.82, 2.24) is 5.32 Å². The molecule has 216 valence electrons. The van der Waals surface area contributed by atoms with Gasteiger partial charge in [-0.05, 0) is 0 Å². The Bertz CT molecular complexity index is 881. The van der Waals surface area contributed by atoms with Gasteiger partial charge in [0.25, 0.3) is 0 Å². The van der Waals surface area contributed by atoms with Crippen molar-refractivity contribution in [2.75, 3.05) is 13.2 Å². The molecule has 2 aliphatic rings. The topological polar surface area (TPSA) is 223 Å². The quantitative estimate of drug-likeness (QED) is 0.166. The standard InChI is InChI=1S/C22H33NO15/c1-8(25)23-15-18(16(30)13(6-24)36-21(15)31)38-22-20(35-12(5)29)19(34-11(4)28)17(33-10(3)27)14(37-22)7-32-9(2)26/h13-22,24,30-31H,6-7H2,1-5H3,(H,23,25)/t13?,14?,15-,16-,17-,18?,19-,20-,21-,22-/m0/s1. The normalized spacial score (nSPS) is 34.9. The Morgan fingerprint density at radius 1 is 0.737 bits per heavy atom. The van der Waals surface area contributed by atoms with Crippen LogP contribution in [0.2, 0.25) is 0 Å². The predicted molar refractivity (Wildman–Crippen MR) is 118 cm³/mol. The van der Waals surface area contributed by atoms with Crippen LogP contribution in [0, 0.1) is 0 Å². The highest BCUT2D eigenvalue weighted by Crippen LogP contribution is 2.33. The van der Waals surface area contributed by atoms with E-state index >= 15 is 0 Å². The molecule has 0 aromatic carbocycles. The Balaban J connectivity index is 2.54. The first-order valence-electron chi connectivity index (χ1n) is 11.6. The molecule has 2 saturated heterocycles. The summed E-state index contributed by atoms with van der Waals surface area (Å²) in [5.74, 6) is -3.94. The van der Waals surface area contributed by atoms with Crippen molar-refractivity contribution >= 4 is 29.8 Å². The second-order valence-electron chi connectivity index (χ2n) is 8.63. The van der Waals surface area contributed by atoms with Crippen LogP contribution in [0.25, 0.3) is 0 Å². The first-order chi connectivity index (χ1) is 17.7. The van der Waals surface area contributed by atoms with Crippen molar-refractivity contribution in [2.45, 2.75) is 96.0 Å². The summed E-state index contributed by atoms with van der Waals surface area (Å²) in [6.07, 6.45) is -14.0. The molecule has 0 bridgehead atoms. The van der Waals surface area contributed by atoms with E-state index < -0.39 is 104 Å². The average Bonchev–Trinajstić information content (AvgIpc) is 2.79. The number of nitrogens with one attached hydrogen (secondary N) is 1. The summed E-state index contributed by atoms with van der Waals surface area (Å²) in [4.78, 5) is 59.0. The second-order valence-corrected chi connectivity index (χ2v) is 8.63. The smallest absolute Gasteiger partial charge is 0.303 e. The minimum absolute atomic E-state index is 0.523. The van der Waals surface area contributed by atoms with Crippen LogP contribution in [-0.2, 0) is 57.1 Å². The number of hydrogen-bond donors (Lipinski definition) is 4. The molecule has 38 heavy (non-hydrogen) atoms. The second kappa shape index (κ2) is 13.8. The molecule has 3 unspecified atom stereocenters. The Morgan fingerprint density at radius 3 is 1.79 bits per heavy atom. The summed E-state index contributed by atoms with van der Waals surface area (Å²) in [6.45, 7) is 4.10. The third-order valence-corrected chi connectivity index (χ3v) is 5.48. The summed E-state index contributed by atoms with van der Waals surface area (Å²) in [6, 6.07) is -1.41. The monoisotopic (exact) mass is 551 g/mol. The number of carbonyl (C=O) groups excluding carboxylic acids is 5. The van der Waals surface area contributed by atoms with Crippen molar-refractivity contribution in [3.05, 3.63) is 0 Å². The van der Waals surface area contributed by atoms with Crippen molar-refractivity contribution in [1.29, 1.82) is 0 Å². The molecule has 2 aliphatic heterocycles. The van der Waals surface area contributed by atoms with Gasteiger partial charge in [-0.3, -0.25) is 24.0 Å². The molecule has 0 aliphatic carbocycles. The van der Waals surface area contributed by atoms with Crippen LogP contribution in [0.4, 0.5) is 0 Å². The Morgan fingerprint density at radius 2 is 1.29 bits per heavy atom. The number of carbonyl (C=O) groups is 5. The SMILES string of the molecule is CC(=O)N[C@H]1C(O[C@@H]2OC(COC(C)=O)[C@H](OC(C)=O)[C@H](OC(C)=O)[C@@H]2OC(C)=O)[C@@H](O)C(CO)O[C@@H]1O. The molecule has 2 rings (SSSR count). The van der Waals surface area contributed by atoms with E-state index in [1.165, 1.54) is 0 Å². The molecule has 16 heteroatoms. The molecule has 0 spiro atoms. The van der Waals surface area contributed by atoms with Gasteiger partial charge in [-0.25, -0.2) is 0 Å². The van der Waals surface area contributed by atoms with E-state index in [1.54, 1.807) is 0 Å². The van der Waals surface area contributed by atoms with Gasteiger partial charge in [0.05, 0.1) is 6.61 Å². The fraction of sp³-hybridized carbons (Fsp3) is 0.773. The van der Waals surface area contributed by atoms with Gasteiger partial charge < -0.3 is 53.8 Å². The van der Waals surface area contributed by atoms with Crippen LogP contribution in [0.1, 0.15) is 34.6 Å². The lowest BCUT2D eigenvalue weighted by molar-refractivity contribution is -0.343. The molecule has 0 aromatic heterocycles. The van der Waals surface area contributed by atoms with E-state index in [2.05, 4.69) is 5.32 Å². The molecule has 16 nitrogen and oxygen atoms in total. The van der Waals surface area contributed by atoms with Crippen LogP contribution in [0.5, 0.6) is 0 Å². The Kier molecular flexibility index (Phi) is 11.4. The van der Waals surface area contributed by atoms with Gasteiger partial charge in [0, 0.05) is 34.6 Å². The summed E-state index contributed by atoms with van der Waals surface area (Å²) in [7, 11) is 0. The average molecular weight is 551 g/mol. The molecular weight excluding hydrogens is 518 g/mol. The van der Waals surface area contributed by atoms with Gasteiger partial charge in [-0.1, -0.05) is 0 Å². The van der Waals surface area contributed by atoms with E-state index in [1.807, 2.05) is 0 Å². The Hall–Kier alpha value is -2.89. The number of ether oxygens (including phenoxy) is 7.